The number of nitrogens with zero attached hydrogens (tertiary/aromatic N) is 2. The van der Waals surface area contributed by atoms with Crippen LogP contribution in [0.3, 0.4) is 0 Å². The van der Waals surface area contributed by atoms with Crippen molar-refractivity contribution < 1.29 is 22.7 Å². The summed E-state index contributed by atoms with van der Waals surface area (Å²) >= 11 is 0. The molecule has 2 aliphatic rings. The summed E-state index contributed by atoms with van der Waals surface area (Å²) in [5.74, 6) is -0.137. The number of morpholine rings is 1. The second-order valence-electron chi connectivity index (χ2n) is 7.96. The normalized spacial score (nSPS) is 21.9. The van der Waals surface area contributed by atoms with E-state index in [1.54, 1.807) is 12.1 Å². The predicted molar refractivity (Wildman–Crippen MR) is 117 cm³/mol. The van der Waals surface area contributed by atoms with Crippen LogP contribution in [0.15, 0.2) is 29.2 Å². The number of carbonyl (C=O) groups is 2. The number of likely N-dealkylation sites (tertiary alicyclic amines) is 1. The highest BCUT2D eigenvalue weighted by atomic mass is 32.2. The Balaban J connectivity index is 1.58. The molecule has 0 aliphatic carbocycles. The Morgan fingerprint density at radius 3 is 2.48 bits per heavy atom. The van der Waals surface area contributed by atoms with Crippen LogP contribution in [0.5, 0.6) is 0 Å². The fraction of sp³-hybridized carbons (Fsp3) is 0.619. The molecule has 2 fully saturated rings. The molecule has 0 bridgehead atoms. The molecule has 9 nitrogen and oxygen atoms in total. The molecular formula is C21H32N4O5S. The van der Waals surface area contributed by atoms with Crippen molar-refractivity contribution in [3.63, 3.8) is 0 Å². The van der Waals surface area contributed by atoms with Crippen molar-refractivity contribution in [2.24, 2.45) is 0 Å². The van der Waals surface area contributed by atoms with Crippen LogP contribution in [-0.2, 0) is 24.3 Å². The Bertz CT molecular complexity index is 868. The number of piperidine rings is 1. The first-order valence-corrected chi connectivity index (χ1v) is 12.3. The lowest BCUT2D eigenvalue weighted by Crippen LogP contribution is -2.53. The molecule has 0 aromatic heterocycles. The van der Waals surface area contributed by atoms with Crippen molar-refractivity contribution in [1.29, 1.82) is 0 Å². The lowest BCUT2D eigenvalue weighted by atomic mass is 10.0. The molecule has 0 saturated carbocycles. The highest BCUT2D eigenvalue weighted by Crippen LogP contribution is 2.20. The minimum Gasteiger partial charge on any atom is -0.379 e. The second-order valence-corrected chi connectivity index (χ2v) is 9.90. The SMILES string of the molecule is CCC(=O)NC1CCCN(C(C)C(=O)Nc2ccc(S(=O)(=O)N3CCOCC3)cc2)C1. The number of ether oxygens (including phenoxy) is 1. The van der Waals surface area contributed by atoms with Gasteiger partial charge in [0.2, 0.25) is 21.8 Å². The molecule has 1 aromatic carbocycles. The van der Waals surface area contributed by atoms with Gasteiger partial charge in [0.25, 0.3) is 0 Å². The van der Waals surface area contributed by atoms with Gasteiger partial charge in [0, 0.05) is 37.8 Å². The highest BCUT2D eigenvalue weighted by molar-refractivity contribution is 7.89. The van der Waals surface area contributed by atoms with Gasteiger partial charge in [0.15, 0.2) is 0 Å². The predicted octanol–water partition coefficient (Wildman–Crippen LogP) is 1.03. The van der Waals surface area contributed by atoms with E-state index in [9.17, 15) is 18.0 Å². The van der Waals surface area contributed by atoms with Crippen LogP contribution in [0.2, 0.25) is 0 Å². The van der Waals surface area contributed by atoms with E-state index >= 15 is 0 Å². The average molecular weight is 453 g/mol. The number of benzene rings is 1. The Labute approximate surface area is 184 Å². The van der Waals surface area contributed by atoms with Crippen LogP contribution >= 0.6 is 0 Å². The number of nitrogens with one attached hydrogen (secondary N) is 2. The number of carbonyl (C=O) groups excluding carboxylic acids is 2. The van der Waals surface area contributed by atoms with E-state index in [0.717, 1.165) is 19.4 Å². The molecular weight excluding hydrogens is 420 g/mol. The third-order valence-electron chi connectivity index (χ3n) is 5.80. The van der Waals surface area contributed by atoms with E-state index in [0.29, 0.717) is 45.0 Å². The number of anilines is 1. The zero-order valence-corrected chi connectivity index (χ0v) is 19.0. The minimum atomic E-state index is -3.56. The summed E-state index contributed by atoms with van der Waals surface area (Å²) in [5.41, 5.74) is 0.547. The first-order valence-electron chi connectivity index (χ1n) is 10.8. The van der Waals surface area contributed by atoms with Gasteiger partial charge in [-0.2, -0.15) is 4.31 Å². The maximum Gasteiger partial charge on any atom is 0.243 e. The van der Waals surface area contributed by atoms with Crippen LogP contribution in [0.1, 0.15) is 33.1 Å². The number of rotatable bonds is 7. The van der Waals surface area contributed by atoms with Gasteiger partial charge in [-0.05, 0) is 50.6 Å². The Kier molecular flexibility index (Phi) is 8.04. The molecule has 31 heavy (non-hydrogen) atoms. The number of sulfonamides is 1. The van der Waals surface area contributed by atoms with Crippen molar-refractivity contribution in [3.05, 3.63) is 24.3 Å². The molecule has 2 unspecified atom stereocenters. The van der Waals surface area contributed by atoms with E-state index in [-0.39, 0.29) is 28.8 Å². The Morgan fingerprint density at radius 1 is 1.16 bits per heavy atom. The van der Waals surface area contributed by atoms with Gasteiger partial charge >= 0.3 is 0 Å². The molecule has 0 spiro atoms. The monoisotopic (exact) mass is 452 g/mol. The standard InChI is InChI=1S/C21H32N4O5S/c1-3-20(26)22-18-5-4-10-24(15-18)16(2)21(27)23-17-6-8-19(9-7-17)31(28,29)25-11-13-30-14-12-25/h6-9,16,18H,3-5,10-15H2,1-2H3,(H,22,26)(H,23,27). The summed E-state index contributed by atoms with van der Waals surface area (Å²) < 4.78 is 32.1. The summed E-state index contributed by atoms with van der Waals surface area (Å²) in [6.45, 7) is 6.57. The number of hydrogen-bond donors (Lipinski definition) is 2. The van der Waals surface area contributed by atoms with Crippen LogP contribution in [-0.4, -0.2) is 80.9 Å². The molecule has 2 heterocycles. The fourth-order valence-corrected chi connectivity index (χ4v) is 5.27. The van der Waals surface area contributed by atoms with Crippen LogP contribution in [0.25, 0.3) is 0 Å². The third-order valence-corrected chi connectivity index (χ3v) is 7.71. The fourth-order valence-electron chi connectivity index (χ4n) is 3.86. The lowest BCUT2D eigenvalue weighted by Gasteiger charge is -2.36. The molecule has 2 N–H and O–H groups in total. The molecule has 2 saturated heterocycles. The first kappa shape index (κ1) is 23.6. The number of hydrogen-bond acceptors (Lipinski definition) is 6. The molecule has 10 heteroatoms. The van der Waals surface area contributed by atoms with E-state index in [4.69, 9.17) is 4.74 Å². The Morgan fingerprint density at radius 2 is 1.84 bits per heavy atom. The smallest absolute Gasteiger partial charge is 0.243 e. The average Bonchev–Trinajstić information content (AvgIpc) is 2.79. The van der Waals surface area contributed by atoms with Gasteiger partial charge in [0.1, 0.15) is 0 Å². The quantitative estimate of drug-likeness (QED) is 0.640. The third kappa shape index (κ3) is 6.03. The molecule has 2 atom stereocenters. The molecule has 2 amide bonds. The minimum absolute atomic E-state index is 0.0241. The van der Waals surface area contributed by atoms with E-state index in [2.05, 4.69) is 15.5 Å². The molecule has 0 radical (unpaired) electrons. The molecule has 172 valence electrons. The second kappa shape index (κ2) is 10.5. The largest absolute Gasteiger partial charge is 0.379 e. The van der Waals surface area contributed by atoms with E-state index < -0.39 is 10.0 Å². The van der Waals surface area contributed by atoms with Crippen molar-refractivity contribution >= 4 is 27.5 Å². The summed E-state index contributed by atoms with van der Waals surface area (Å²) in [4.78, 5) is 26.7. The molecule has 2 aliphatic heterocycles. The molecule has 1 aromatic rings. The maximum atomic E-state index is 12.7. The van der Waals surface area contributed by atoms with Crippen LogP contribution in [0, 0.1) is 0 Å². The highest BCUT2D eigenvalue weighted by Gasteiger charge is 2.29. The summed E-state index contributed by atoms with van der Waals surface area (Å²) in [6, 6.07) is 5.95. The zero-order chi connectivity index (χ0) is 22.4. The van der Waals surface area contributed by atoms with Crippen molar-refractivity contribution in [2.75, 3.05) is 44.7 Å². The van der Waals surface area contributed by atoms with E-state index in [1.165, 1.54) is 16.4 Å². The van der Waals surface area contributed by atoms with Gasteiger partial charge in [-0.3, -0.25) is 14.5 Å². The first-order chi connectivity index (χ1) is 14.8. The van der Waals surface area contributed by atoms with Gasteiger partial charge in [-0.1, -0.05) is 6.92 Å². The van der Waals surface area contributed by atoms with Crippen LogP contribution < -0.4 is 10.6 Å². The molecule has 3 rings (SSSR count). The van der Waals surface area contributed by atoms with Crippen molar-refractivity contribution in [2.45, 2.75) is 50.1 Å². The van der Waals surface area contributed by atoms with Crippen molar-refractivity contribution in [1.82, 2.24) is 14.5 Å². The van der Waals surface area contributed by atoms with Gasteiger partial charge in [-0.15, -0.1) is 0 Å². The van der Waals surface area contributed by atoms with Crippen LogP contribution in [0.4, 0.5) is 5.69 Å². The zero-order valence-electron chi connectivity index (χ0n) is 18.2. The topological polar surface area (TPSA) is 108 Å². The Hall–Kier alpha value is -2.01. The van der Waals surface area contributed by atoms with Crippen molar-refractivity contribution in [3.8, 4) is 0 Å². The number of amides is 2. The summed E-state index contributed by atoms with van der Waals surface area (Å²) in [7, 11) is -3.56. The maximum absolute atomic E-state index is 12.7. The van der Waals surface area contributed by atoms with Gasteiger partial charge in [0.05, 0.1) is 24.2 Å². The van der Waals surface area contributed by atoms with Gasteiger partial charge < -0.3 is 15.4 Å². The summed E-state index contributed by atoms with van der Waals surface area (Å²) in [6.07, 6.45) is 2.28. The summed E-state index contributed by atoms with van der Waals surface area (Å²) in [5, 5.41) is 5.88. The van der Waals surface area contributed by atoms with Gasteiger partial charge in [-0.25, -0.2) is 8.42 Å². The lowest BCUT2D eigenvalue weighted by molar-refractivity contribution is -0.122. The van der Waals surface area contributed by atoms with E-state index in [1.807, 2.05) is 13.8 Å².